The zero-order chi connectivity index (χ0) is 14.8. The Bertz CT molecular complexity index is 466. The van der Waals surface area contributed by atoms with Crippen LogP contribution in [0.4, 0.5) is 4.39 Å². The van der Waals surface area contributed by atoms with E-state index in [0.717, 1.165) is 36.0 Å². The Hall–Kier alpha value is -0.450. The highest BCUT2D eigenvalue weighted by atomic mass is 79.9. The molecule has 1 aromatic rings. The lowest BCUT2D eigenvalue weighted by Gasteiger charge is -2.34. The van der Waals surface area contributed by atoms with Gasteiger partial charge in [0.05, 0.1) is 6.10 Å². The van der Waals surface area contributed by atoms with E-state index in [2.05, 4.69) is 42.0 Å². The summed E-state index contributed by atoms with van der Waals surface area (Å²) in [5, 5.41) is 3.54. The molecule has 1 N–H and O–H groups in total. The van der Waals surface area contributed by atoms with Gasteiger partial charge in [0.1, 0.15) is 5.82 Å². The van der Waals surface area contributed by atoms with Crippen molar-refractivity contribution in [1.29, 1.82) is 0 Å². The first-order valence-electron chi connectivity index (χ1n) is 7.22. The highest BCUT2D eigenvalue weighted by Crippen LogP contribution is 2.39. The SMILES string of the molecule is CC(C)NCC1(Cc2ccc(F)cc2Br)CCOC1C. The molecule has 1 aliphatic rings. The lowest BCUT2D eigenvalue weighted by atomic mass is 9.76. The molecule has 0 aliphatic carbocycles. The predicted molar refractivity (Wildman–Crippen MR) is 83.4 cm³/mol. The molecule has 2 rings (SSSR count). The van der Waals surface area contributed by atoms with Gasteiger partial charge in [-0.25, -0.2) is 4.39 Å². The number of nitrogens with one attached hydrogen (secondary N) is 1. The van der Waals surface area contributed by atoms with Gasteiger partial charge in [-0.1, -0.05) is 35.8 Å². The van der Waals surface area contributed by atoms with Gasteiger partial charge in [-0.2, -0.15) is 0 Å². The summed E-state index contributed by atoms with van der Waals surface area (Å²) in [7, 11) is 0. The summed E-state index contributed by atoms with van der Waals surface area (Å²) in [6.45, 7) is 8.19. The van der Waals surface area contributed by atoms with Crippen LogP contribution in [0.5, 0.6) is 0 Å². The Morgan fingerprint density at radius 1 is 1.50 bits per heavy atom. The van der Waals surface area contributed by atoms with E-state index in [9.17, 15) is 4.39 Å². The summed E-state index contributed by atoms with van der Waals surface area (Å²) < 4.78 is 19.9. The molecule has 0 spiro atoms. The van der Waals surface area contributed by atoms with Gasteiger partial charge in [-0.15, -0.1) is 0 Å². The molecule has 1 fully saturated rings. The van der Waals surface area contributed by atoms with Crippen molar-refractivity contribution in [3.05, 3.63) is 34.1 Å². The van der Waals surface area contributed by atoms with E-state index in [-0.39, 0.29) is 17.3 Å². The van der Waals surface area contributed by atoms with Crippen LogP contribution in [0.2, 0.25) is 0 Å². The molecule has 1 aliphatic heterocycles. The summed E-state index contributed by atoms with van der Waals surface area (Å²) in [6, 6.07) is 5.40. The van der Waals surface area contributed by atoms with Crippen LogP contribution >= 0.6 is 15.9 Å². The van der Waals surface area contributed by atoms with Crippen molar-refractivity contribution in [3.8, 4) is 0 Å². The van der Waals surface area contributed by atoms with Gasteiger partial charge in [-0.3, -0.25) is 0 Å². The van der Waals surface area contributed by atoms with Gasteiger partial charge in [0.2, 0.25) is 0 Å². The summed E-state index contributed by atoms with van der Waals surface area (Å²) in [4.78, 5) is 0. The molecule has 0 bridgehead atoms. The van der Waals surface area contributed by atoms with Crippen LogP contribution in [-0.2, 0) is 11.2 Å². The number of benzene rings is 1. The Labute approximate surface area is 129 Å². The van der Waals surface area contributed by atoms with Crippen LogP contribution in [0.25, 0.3) is 0 Å². The fourth-order valence-corrected chi connectivity index (χ4v) is 3.29. The number of ether oxygens (including phenoxy) is 1. The molecule has 1 saturated heterocycles. The fraction of sp³-hybridized carbons (Fsp3) is 0.625. The van der Waals surface area contributed by atoms with Crippen LogP contribution in [0, 0.1) is 11.2 Å². The third-order valence-electron chi connectivity index (χ3n) is 4.25. The lowest BCUT2D eigenvalue weighted by Crippen LogP contribution is -2.43. The third-order valence-corrected chi connectivity index (χ3v) is 4.99. The third kappa shape index (κ3) is 3.60. The standard InChI is InChI=1S/C16H23BrFNO/c1-11(2)19-10-16(6-7-20-12(16)3)9-13-4-5-14(18)8-15(13)17/h4-5,8,11-12,19H,6-7,9-10H2,1-3H3. The van der Waals surface area contributed by atoms with Gasteiger partial charge in [0.15, 0.2) is 0 Å². The van der Waals surface area contributed by atoms with Crippen LogP contribution in [0.15, 0.2) is 22.7 Å². The Balaban J connectivity index is 2.19. The molecule has 2 unspecified atom stereocenters. The summed E-state index contributed by atoms with van der Waals surface area (Å²) in [6.07, 6.45) is 2.15. The van der Waals surface area contributed by atoms with Gasteiger partial charge < -0.3 is 10.1 Å². The van der Waals surface area contributed by atoms with Gasteiger partial charge in [-0.05, 0) is 37.5 Å². The Morgan fingerprint density at radius 3 is 2.80 bits per heavy atom. The average molecular weight is 344 g/mol. The molecule has 1 heterocycles. The number of halogens is 2. The molecular formula is C16H23BrFNO. The second-order valence-corrected chi connectivity index (χ2v) is 6.93. The maximum Gasteiger partial charge on any atom is 0.124 e. The Kier molecular flexibility index (Phi) is 5.21. The molecule has 1 aromatic carbocycles. The first-order chi connectivity index (χ1) is 9.43. The van der Waals surface area contributed by atoms with E-state index in [1.165, 1.54) is 6.07 Å². The molecule has 2 nitrogen and oxygen atoms in total. The zero-order valence-corrected chi connectivity index (χ0v) is 14.0. The number of hydrogen-bond acceptors (Lipinski definition) is 2. The topological polar surface area (TPSA) is 21.3 Å². The van der Waals surface area contributed by atoms with E-state index in [0.29, 0.717) is 6.04 Å². The largest absolute Gasteiger partial charge is 0.378 e. The quantitative estimate of drug-likeness (QED) is 0.874. The number of hydrogen-bond donors (Lipinski definition) is 1. The molecule has 2 atom stereocenters. The number of rotatable bonds is 5. The van der Waals surface area contributed by atoms with E-state index in [1.807, 2.05) is 6.07 Å². The van der Waals surface area contributed by atoms with Gasteiger partial charge in [0, 0.05) is 29.1 Å². The summed E-state index contributed by atoms with van der Waals surface area (Å²) >= 11 is 3.48. The molecular weight excluding hydrogens is 321 g/mol. The van der Waals surface area contributed by atoms with E-state index >= 15 is 0 Å². The molecule has 0 amide bonds. The molecule has 0 radical (unpaired) electrons. The molecule has 4 heteroatoms. The van der Waals surface area contributed by atoms with Crippen molar-refractivity contribution in [3.63, 3.8) is 0 Å². The molecule has 0 saturated carbocycles. The van der Waals surface area contributed by atoms with Crippen molar-refractivity contribution in [1.82, 2.24) is 5.32 Å². The zero-order valence-electron chi connectivity index (χ0n) is 12.4. The highest BCUT2D eigenvalue weighted by molar-refractivity contribution is 9.10. The van der Waals surface area contributed by atoms with Gasteiger partial charge >= 0.3 is 0 Å². The molecule has 0 aromatic heterocycles. The second-order valence-electron chi connectivity index (χ2n) is 6.07. The highest BCUT2D eigenvalue weighted by Gasteiger charge is 2.41. The molecule has 20 heavy (non-hydrogen) atoms. The summed E-state index contributed by atoms with van der Waals surface area (Å²) in [5.74, 6) is -0.203. The Morgan fingerprint density at radius 2 is 2.25 bits per heavy atom. The van der Waals surface area contributed by atoms with Crippen molar-refractivity contribution in [2.45, 2.75) is 45.8 Å². The van der Waals surface area contributed by atoms with Gasteiger partial charge in [0.25, 0.3) is 0 Å². The minimum absolute atomic E-state index is 0.0879. The maximum atomic E-state index is 13.2. The van der Waals surface area contributed by atoms with Crippen LogP contribution < -0.4 is 5.32 Å². The lowest BCUT2D eigenvalue weighted by molar-refractivity contribution is 0.0620. The minimum atomic E-state index is -0.203. The predicted octanol–water partition coefficient (Wildman–Crippen LogP) is 3.92. The monoisotopic (exact) mass is 343 g/mol. The van der Waals surface area contributed by atoms with Crippen molar-refractivity contribution in [2.75, 3.05) is 13.2 Å². The second kappa shape index (κ2) is 6.54. The average Bonchev–Trinajstić information content (AvgIpc) is 2.73. The first kappa shape index (κ1) is 15.9. The van der Waals surface area contributed by atoms with Crippen LogP contribution in [0.3, 0.4) is 0 Å². The van der Waals surface area contributed by atoms with E-state index in [1.54, 1.807) is 6.07 Å². The van der Waals surface area contributed by atoms with Crippen molar-refractivity contribution in [2.24, 2.45) is 5.41 Å². The first-order valence-corrected chi connectivity index (χ1v) is 8.01. The van der Waals surface area contributed by atoms with Crippen molar-refractivity contribution >= 4 is 15.9 Å². The molecule has 112 valence electrons. The van der Waals surface area contributed by atoms with E-state index in [4.69, 9.17) is 4.74 Å². The smallest absolute Gasteiger partial charge is 0.124 e. The maximum absolute atomic E-state index is 13.2. The summed E-state index contributed by atoms with van der Waals surface area (Å²) in [5.41, 5.74) is 1.24. The normalized spacial score (nSPS) is 26.4. The van der Waals surface area contributed by atoms with Crippen LogP contribution in [-0.4, -0.2) is 25.3 Å². The van der Waals surface area contributed by atoms with E-state index < -0.39 is 0 Å². The van der Waals surface area contributed by atoms with Crippen molar-refractivity contribution < 1.29 is 9.13 Å². The minimum Gasteiger partial charge on any atom is -0.378 e. The fourth-order valence-electron chi connectivity index (χ4n) is 2.80. The van der Waals surface area contributed by atoms with Crippen LogP contribution in [0.1, 0.15) is 32.8 Å².